The largest absolute Gasteiger partial charge is 0.497 e. The number of ether oxygens (including phenoxy) is 1. The Labute approximate surface area is 205 Å². The Bertz CT molecular complexity index is 1650. The molecule has 1 fully saturated rings. The summed E-state index contributed by atoms with van der Waals surface area (Å²) in [5.74, 6) is 1.58. The van der Waals surface area contributed by atoms with Gasteiger partial charge in [-0.25, -0.2) is 13.4 Å². The smallest absolute Gasteiger partial charge is 0.235 e. The van der Waals surface area contributed by atoms with E-state index < -0.39 is 15.3 Å². The molecule has 3 N–H and O–H groups in total. The number of sulfone groups is 1. The molecule has 2 aliphatic rings. The molecule has 0 unspecified atom stereocenters. The molecule has 6 rings (SSSR count). The maximum Gasteiger partial charge on any atom is 0.235 e. The van der Waals surface area contributed by atoms with Gasteiger partial charge in [0, 0.05) is 29.4 Å². The number of amides is 1. The van der Waals surface area contributed by atoms with Crippen molar-refractivity contribution in [2.75, 3.05) is 24.0 Å². The minimum Gasteiger partial charge on any atom is -0.497 e. The van der Waals surface area contributed by atoms with Crippen LogP contribution in [0.25, 0.3) is 10.9 Å². The standard InChI is InChI=1S/C24H20ClN5O4S/c1-34-13-4-6-19-16(8-13)24(23(31)27-19)10-17(24)12-3-5-15-20(7-12)29-30-21(15)28-22-18(25)9-14(11-26-22)35(2,32)33/h3-9,11,17H,10H2,1-2H3,(H,27,31)(H2,26,28,29,30)/t17-,24-/m0/s1. The monoisotopic (exact) mass is 509 g/mol. The Morgan fingerprint density at radius 1 is 1.17 bits per heavy atom. The van der Waals surface area contributed by atoms with E-state index in [1.807, 2.05) is 36.4 Å². The number of nitrogens with zero attached hydrogens (tertiary/aromatic N) is 2. The van der Waals surface area contributed by atoms with Gasteiger partial charge in [0.1, 0.15) is 11.6 Å². The molecule has 2 atom stereocenters. The molecule has 0 saturated heterocycles. The van der Waals surface area contributed by atoms with Crippen molar-refractivity contribution < 1.29 is 17.9 Å². The highest BCUT2D eigenvalue weighted by Crippen LogP contribution is 2.65. The second kappa shape index (κ2) is 7.43. The second-order valence-electron chi connectivity index (χ2n) is 8.87. The molecule has 2 aromatic carbocycles. The van der Waals surface area contributed by atoms with Gasteiger partial charge in [0.25, 0.3) is 0 Å². The highest BCUT2D eigenvalue weighted by atomic mass is 35.5. The summed E-state index contributed by atoms with van der Waals surface area (Å²) in [6.07, 6.45) is 3.07. The number of H-pyrrole nitrogens is 1. The molecule has 178 valence electrons. The Morgan fingerprint density at radius 2 is 2.00 bits per heavy atom. The van der Waals surface area contributed by atoms with Crippen LogP contribution in [-0.2, 0) is 20.0 Å². The summed E-state index contributed by atoms with van der Waals surface area (Å²) in [5.41, 5.74) is 3.04. The Morgan fingerprint density at radius 3 is 2.74 bits per heavy atom. The van der Waals surface area contributed by atoms with Gasteiger partial charge in [0.15, 0.2) is 15.7 Å². The number of anilines is 3. The summed E-state index contributed by atoms with van der Waals surface area (Å²) in [7, 11) is -1.80. The Hall–Kier alpha value is -3.63. The predicted molar refractivity (Wildman–Crippen MR) is 132 cm³/mol. The van der Waals surface area contributed by atoms with Crippen LogP contribution in [0.4, 0.5) is 17.3 Å². The predicted octanol–water partition coefficient (Wildman–Crippen LogP) is 4.14. The zero-order valence-electron chi connectivity index (χ0n) is 18.7. The molecule has 3 heterocycles. The summed E-state index contributed by atoms with van der Waals surface area (Å²) in [5, 5.41) is 14.4. The van der Waals surface area contributed by atoms with Crippen LogP contribution in [-0.4, -0.2) is 42.9 Å². The molecule has 0 bridgehead atoms. The van der Waals surface area contributed by atoms with Crippen molar-refractivity contribution in [2.24, 2.45) is 0 Å². The van der Waals surface area contributed by atoms with Crippen LogP contribution in [0.2, 0.25) is 5.02 Å². The Balaban J connectivity index is 1.30. The number of hydrogen-bond acceptors (Lipinski definition) is 7. The van der Waals surface area contributed by atoms with Gasteiger partial charge >= 0.3 is 0 Å². The normalized spacial score (nSPS) is 20.7. The molecule has 1 aliphatic heterocycles. The minimum atomic E-state index is -3.41. The summed E-state index contributed by atoms with van der Waals surface area (Å²) in [6, 6.07) is 12.9. The average molecular weight is 510 g/mol. The first-order chi connectivity index (χ1) is 16.7. The molecular weight excluding hydrogens is 490 g/mol. The van der Waals surface area contributed by atoms with Gasteiger partial charge in [-0.3, -0.25) is 9.89 Å². The van der Waals surface area contributed by atoms with E-state index in [9.17, 15) is 13.2 Å². The van der Waals surface area contributed by atoms with Crippen molar-refractivity contribution in [3.63, 3.8) is 0 Å². The van der Waals surface area contributed by atoms with E-state index in [-0.39, 0.29) is 21.7 Å². The van der Waals surface area contributed by atoms with Crippen LogP contribution in [0.3, 0.4) is 0 Å². The number of carbonyl (C=O) groups is 1. The molecule has 1 amide bonds. The first kappa shape index (κ1) is 21.9. The SMILES string of the molecule is COc1ccc2c(c1)[C@]1(C[C@H]1c1ccc3c(Nc4ncc(S(C)(=O)=O)cc4Cl)n[nH]c3c1)C(=O)N2. The van der Waals surface area contributed by atoms with Gasteiger partial charge < -0.3 is 15.4 Å². The third-order valence-electron chi connectivity index (χ3n) is 6.79. The highest BCUT2D eigenvalue weighted by Gasteiger charge is 2.65. The summed E-state index contributed by atoms with van der Waals surface area (Å²) >= 11 is 6.25. The van der Waals surface area contributed by atoms with Crippen molar-refractivity contribution >= 4 is 55.6 Å². The van der Waals surface area contributed by atoms with Crippen LogP contribution in [0, 0.1) is 0 Å². The number of hydrogen-bond donors (Lipinski definition) is 3. The number of carbonyl (C=O) groups excluding carboxylic acids is 1. The van der Waals surface area contributed by atoms with Gasteiger partial charge in [-0.1, -0.05) is 17.7 Å². The first-order valence-corrected chi connectivity index (χ1v) is 13.1. The van der Waals surface area contributed by atoms with Gasteiger partial charge in [-0.15, -0.1) is 0 Å². The first-order valence-electron chi connectivity index (χ1n) is 10.8. The number of aromatic amines is 1. The van der Waals surface area contributed by atoms with E-state index >= 15 is 0 Å². The number of pyridine rings is 1. The number of rotatable bonds is 5. The van der Waals surface area contributed by atoms with Crippen molar-refractivity contribution in [3.8, 4) is 5.75 Å². The number of halogens is 1. The third-order valence-corrected chi connectivity index (χ3v) is 8.16. The number of benzene rings is 2. The Kier molecular flexibility index (Phi) is 4.64. The van der Waals surface area contributed by atoms with Crippen LogP contribution in [0.1, 0.15) is 23.5 Å². The molecule has 1 spiro atoms. The van der Waals surface area contributed by atoms with Gasteiger partial charge in [-0.05, 0) is 53.9 Å². The van der Waals surface area contributed by atoms with Gasteiger partial charge in [0.05, 0.1) is 28.0 Å². The zero-order chi connectivity index (χ0) is 24.5. The maximum absolute atomic E-state index is 12.9. The fourth-order valence-corrected chi connectivity index (χ4v) is 5.73. The van der Waals surface area contributed by atoms with Gasteiger partial charge in [0.2, 0.25) is 5.91 Å². The lowest BCUT2D eigenvalue weighted by atomic mass is 9.91. The van der Waals surface area contributed by atoms with E-state index in [4.69, 9.17) is 16.3 Å². The average Bonchev–Trinajstić information content (AvgIpc) is 3.38. The summed E-state index contributed by atoms with van der Waals surface area (Å²) in [4.78, 5) is 17.1. The van der Waals surface area contributed by atoms with E-state index in [1.54, 1.807) is 7.11 Å². The molecular formula is C24H20ClN5O4S. The summed E-state index contributed by atoms with van der Waals surface area (Å²) in [6.45, 7) is 0. The minimum absolute atomic E-state index is 0.0103. The molecule has 35 heavy (non-hydrogen) atoms. The molecule has 1 aliphatic carbocycles. The number of aromatic nitrogens is 3. The molecule has 1 saturated carbocycles. The summed E-state index contributed by atoms with van der Waals surface area (Å²) < 4.78 is 28.8. The fraction of sp³-hybridized carbons (Fsp3) is 0.208. The highest BCUT2D eigenvalue weighted by molar-refractivity contribution is 7.90. The molecule has 4 aromatic rings. The van der Waals surface area contributed by atoms with Crippen LogP contribution in [0.15, 0.2) is 53.6 Å². The zero-order valence-corrected chi connectivity index (χ0v) is 20.3. The van der Waals surface area contributed by atoms with Crippen molar-refractivity contribution in [1.82, 2.24) is 15.2 Å². The number of fused-ring (bicyclic) bond motifs is 3. The van der Waals surface area contributed by atoms with E-state index in [0.717, 1.165) is 46.1 Å². The topological polar surface area (TPSA) is 126 Å². The van der Waals surface area contributed by atoms with Crippen LogP contribution < -0.4 is 15.4 Å². The van der Waals surface area contributed by atoms with E-state index in [2.05, 4.69) is 25.8 Å². The molecule has 9 nitrogen and oxygen atoms in total. The van der Waals surface area contributed by atoms with E-state index in [0.29, 0.717) is 11.6 Å². The molecule has 0 radical (unpaired) electrons. The lowest BCUT2D eigenvalue weighted by Crippen LogP contribution is -2.21. The quantitative estimate of drug-likeness (QED) is 0.369. The molecule has 2 aromatic heterocycles. The third kappa shape index (κ3) is 3.35. The van der Waals surface area contributed by atoms with Crippen LogP contribution >= 0.6 is 11.6 Å². The lowest BCUT2D eigenvalue weighted by Gasteiger charge is -2.10. The number of nitrogens with one attached hydrogen (secondary N) is 3. The maximum atomic E-state index is 12.9. The number of methoxy groups -OCH3 is 1. The van der Waals surface area contributed by atoms with Crippen molar-refractivity contribution in [1.29, 1.82) is 0 Å². The van der Waals surface area contributed by atoms with Crippen LogP contribution in [0.5, 0.6) is 5.75 Å². The second-order valence-corrected chi connectivity index (χ2v) is 11.3. The lowest BCUT2D eigenvalue weighted by molar-refractivity contribution is -0.118. The molecule has 11 heteroatoms. The van der Waals surface area contributed by atoms with Gasteiger partial charge in [-0.2, -0.15) is 5.10 Å². The van der Waals surface area contributed by atoms with Crippen molar-refractivity contribution in [3.05, 3.63) is 64.8 Å². The van der Waals surface area contributed by atoms with Crippen molar-refractivity contribution in [2.45, 2.75) is 22.6 Å². The van der Waals surface area contributed by atoms with E-state index in [1.165, 1.54) is 12.3 Å². The fourth-order valence-electron chi connectivity index (χ4n) is 4.88.